The molecule has 0 saturated heterocycles. The molecule has 0 bridgehead atoms. The molecule has 0 atom stereocenters. The number of Topliss-reactive ketones (excluding diaryl/α,β-unsaturated/α-hetero) is 1. The van der Waals surface area contributed by atoms with Crippen LogP contribution in [0.25, 0.3) is 0 Å². The van der Waals surface area contributed by atoms with Crippen molar-refractivity contribution in [1.82, 2.24) is 5.32 Å². The fourth-order valence-electron chi connectivity index (χ4n) is 1.17. The summed E-state index contributed by atoms with van der Waals surface area (Å²) in [4.78, 5) is 22.2. The molecule has 0 radical (unpaired) electrons. The minimum Gasteiger partial charge on any atom is -0.484 e. The van der Waals surface area contributed by atoms with Crippen LogP contribution in [0, 0.1) is 0 Å². The lowest BCUT2D eigenvalue weighted by molar-refractivity contribution is -0.122. The van der Waals surface area contributed by atoms with Crippen LogP contribution in [0.15, 0.2) is 36.9 Å². The van der Waals surface area contributed by atoms with Gasteiger partial charge in [0.05, 0.1) is 0 Å². The minimum absolute atomic E-state index is 0.000256. The highest BCUT2D eigenvalue weighted by atomic mass is 16.5. The molecule has 0 saturated carbocycles. The van der Waals surface area contributed by atoms with Crippen LogP contribution < -0.4 is 10.1 Å². The second kappa shape index (κ2) is 6.48. The first-order valence-electron chi connectivity index (χ1n) is 5.25. The normalized spacial score (nSPS) is 9.47. The number of hydrogen-bond donors (Lipinski definition) is 1. The highest BCUT2D eigenvalue weighted by molar-refractivity contribution is 5.94. The lowest BCUT2D eigenvalue weighted by Gasteiger charge is -2.06. The van der Waals surface area contributed by atoms with E-state index < -0.39 is 0 Å². The van der Waals surface area contributed by atoms with Crippen molar-refractivity contribution in [3.63, 3.8) is 0 Å². The predicted molar refractivity (Wildman–Crippen MR) is 65.1 cm³/mol. The summed E-state index contributed by atoms with van der Waals surface area (Å²) in [6, 6.07) is 6.66. The zero-order valence-electron chi connectivity index (χ0n) is 9.73. The average Bonchev–Trinajstić information content (AvgIpc) is 2.34. The third kappa shape index (κ3) is 4.51. The van der Waals surface area contributed by atoms with E-state index in [9.17, 15) is 9.59 Å². The van der Waals surface area contributed by atoms with E-state index in [0.29, 0.717) is 17.9 Å². The number of benzene rings is 1. The van der Waals surface area contributed by atoms with Crippen LogP contribution in [-0.2, 0) is 4.79 Å². The zero-order valence-corrected chi connectivity index (χ0v) is 9.73. The van der Waals surface area contributed by atoms with Gasteiger partial charge in [-0.05, 0) is 31.2 Å². The molecule has 4 nitrogen and oxygen atoms in total. The van der Waals surface area contributed by atoms with Gasteiger partial charge >= 0.3 is 0 Å². The molecule has 1 amide bonds. The second-order valence-corrected chi connectivity index (χ2v) is 3.46. The van der Waals surface area contributed by atoms with Gasteiger partial charge in [-0.2, -0.15) is 0 Å². The van der Waals surface area contributed by atoms with E-state index in [2.05, 4.69) is 11.9 Å². The number of ether oxygens (including phenoxy) is 1. The van der Waals surface area contributed by atoms with Crippen LogP contribution >= 0.6 is 0 Å². The topological polar surface area (TPSA) is 55.4 Å². The Morgan fingerprint density at radius 2 is 2.00 bits per heavy atom. The maximum Gasteiger partial charge on any atom is 0.258 e. The van der Waals surface area contributed by atoms with Crippen molar-refractivity contribution in [3.05, 3.63) is 42.5 Å². The molecule has 0 unspecified atom stereocenters. The van der Waals surface area contributed by atoms with Crippen molar-refractivity contribution in [2.75, 3.05) is 13.2 Å². The molecule has 0 spiro atoms. The van der Waals surface area contributed by atoms with Gasteiger partial charge in [-0.25, -0.2) is 0 Å². The molecule has 17 heavy (non-hydrogen) atoms. The monoisotopic (exact) mass is 233 g/mol. The van der Waals surface area contributed by atoms with Gasteiger partial charge in [-0.1, -0.05) is 6.08 Å². The van der Waals surface area contributed by atoms with Gasteiger partial charge < -0.3 is 10.1 Å². The molecule has 0 aliphatic carbocycles. The Morgan fingerprint density at radius 1 is 1.35 bits per heavy atom. The Hall–Kier alpha value is -2.10. The number of carbonyl (C=O) groups excluding carboxylic acids is 2. The summed E-state index contributed by atoms with van der Waals surface area (Å²) in [5.74, 6) is 0.351. The standard InChI is InChI=1S/C13H15NO3/c1-3-8-14-13(16)9-17-12-6-4-11(5-7-12)10(2)15/h3-7H,1,8-9H2,2H3,(H,14,16). The molecular weight excluding hydrogens is 218 g/mol. The maximum atomic E-state index is 11.2. The van der Waals surface area contributed by atoms with Crippen molar-refractivity contribution >= 4 is 11.7 Å². The number of carbonyl (C=O) groups is 2. The third-order valence-electron chi connectivity index (χ3n) is 2.07. The Labute approximate surface area is 100 Å². The van der Waals surface area contributed by atoms with Gasteiger partial charge in [-0.3, -0.25) is 9.59 Å². The van der Waals surface area contributed by atoms with E-state index in [1.54, 1.807) is 30.3 Å². The fourth-order valence-corrected chi connectivity index (χ4v) is 1.17. The van der Waals surface area contributed by atoms with Gasteiger partial charge in [0.25, 0.3) is 5.91 Å². The largest absolute Gasteiger partial charge is 0.484 e. The molecule has 1 aromatic carbocycles. The quantitative estimate of drug-likeness (QED) is 0.599. The second-order valence-electron chi connectivity index (χ2n) is 3.46. The molecular formula is C13H15NO3. The first-order valence-corrected chi connectivity index (χ1v) is 5.25. The Balaban J connectivity index is 2.44. The SMILES string of the molecule is C=CCNC(=O)COc1ccc(C(C)=O)cc1. The predicted octanol–water partition coefficient (Wildman–Crippen LogP) is 1.57. The summed E-state index contributed by atoms with van der Waals surface area (Å²) in [5, 5.41) is 2.60. The van der Waals surface area contributed by atoms with Crippen molar-refractivity contribution in [2.24, 2.45) is 0 Å². The lowest BCUT2D eigenvalue weighted by Crippen LogP contribution is -2.28. The summed E-state index contributed by atoms with van der Waals surface area (Å²) < 4.78 is 5.24. The number of ketones is 1. The lowest BCUT2D eigenvalue weighted by atomic mass is 10.1. The van der Waals surface area contributed by atoms with E-state index in [1.165, 1.54) is 6.92 Å². The van der Waals surface area contributed by atoms with Gasteiger partial charge in [0.2, 0.25) is 0 Å². The van der Waals surface area contributed by atoms with Crippen LogP contribution in [-0.4, -0.2) is 24.8 Å². The summed E-state index contributed by atoms with van der Waals surface area (Å²) in [5.41, 5.74) is 0.619. The van der Waals surface area contributed by atoms with Crippen LogP contribution in [0.4, 0.5) is 0 Å². The van der Waals surface area contributed by atoms with Crippen molar-refractivity contribution in [2.45, 2.75) is 6.92 Å². The van der Waals surface area contributed by atoms with Crippen LogP contribution in [0.2, 0.25) is 0 Å². The smallest absolute Gasteiger partial charge is 0.258 e. The van der Waals surface area contributed by atoms with E-state index >= 15 is 0 Å². The summed E-state index contributed by atoms with van der Waals surface area (Å²) in [6.07, 6.45) is 1.60. The Kier molecular flexibility index (Phi) is 4.94. The molecule has 1 aromatic rings. The van der Waals surface area contributed by atoms with Crippen molar-refractivity contribution in [1.29, 1.82) is 0 Å². The Bertz CT molecular complexity index is 409. The van der Waals surface area contributed by atoms with Gasteiger partial charge in [-0.15, -0.1) is 6.58 Å². The molecule has 0 heterocycles. The first-order chi connectivity index (χ1) is 8.13. The van der Waals surface area contributed by atoms with Gasteiger partial charge in [0.1, 0.15) is 5.75 Å². The summed E-state index contributed by atoms with van der Waals surface area (Å²) in [6.45, 7) is 5.36. The van der Waals surface area contributed by atoms with Crippen molar-refractivity contribution < 1.29 is 14.3 Å². The molecule has 0 aliphatic heterocycles. The number of hydrogen-bond acceptors (Lipinski definition) is 3. The van der Waals surface area contributed by atoms with E-state index in [1.807, 2.05) is 0 Å². The number of nitrogens with one attached hydrogen (secondary N) is 1. The molecule has 90 valence electrons. The maximum absolute atomic E-state index is 11.2. The van der Waals surface area contributed by atoms with Crippen LogP contribution in [0.5, 0.6) is 5.75 Å². The first kappa shape index (κ1) is 13.0. The van der Waals surface area contributed by atoms with Crippen LogP contribution in [0.3, 0.4) is 0 Å². The van der Waals surface area contributed by atoms with Crippen LogP contribution in [0.1, 0.15) is 17.3 Å². The van der Waals surface area contributed by atoms with Gasteiger partial charge in [0, 0.05) is 12.1 Å². The zero-order chi connectivity index (χ0) is 12.7. The summed E-state index contributed by atoms with van der Waals surface area (Å²) in [7, 11) is 0. The average molecular weight is 233 g/mol. The fraction of sp³-hybridized carbons (Fsp3) is 0.231. The minimum atomic E-state index is -0.208. The molecule has 0 fully saturated rings. The third-order valence-corrected chi connectivity index (χ3v) is 2.07. The number of amides is 1. The highest BCUT2D eigenvalue weighted by Crippen LogP contribution is 2.12. The number of rotatable bonds is 6. The van der Waals surface area contributed by atoms with E-state index in [0.717, 1.165) is 0 Å². The molecule has 1 rings (SSSR count). The van der Waals surface area contributed by atoms with Crippen molar-refractivity contribution in [3.8, 4) is 5.75 Å². The van der Waals surface area contributed by atoms with Gasteiger partial charge in [0.15, 0.2) is 12.4 Å². The summed E-state index contributed by atoms with van der Waals surface area (Å²) >= 11 is 0. The highest BCUT2D eigenvalue weighted by Gasteiger charge is 2.02. The molecule has 0 aromatic heterocycles. The Morgan fingerprint density at radius 3 is 2.53 bits per heavy atom. The van der Waals surface area contributed by atoms with E-state index in [4.69, 9.17) is 4.74 Å². The molecule has 1 N–H and O–H groups in total. The molecule has 0 aliphatic rings. The van der Waals surface area contributed by atoms with E-state index in [-0.39, 0.29) is 18.3 Å². The molecule has 4 heteroatoms.